The minimum absolute atomic E-state index is 0. The van der Waals surface area contributed by atoms with Crippen LogP contribution >= 0.6 is 0 Å². The van der Waals surface area contributed by atoms with Gasteiger partial charge in [-0.15, -0.1) is 53.6 Å². The molecule has 1 heteroatoms. The van der Waals surface area contributed by atoms with Gasteiger partial charge in [-0.25, -0.2) is 24.3 Å². The van der Waals surface area contributed by atoms with Crippen molar-refractivity contribution in [1.82, 2.24) is 0 Å². The van der Waals surface area contributed by atoms with E-state index in [1.165, 1.54) is 22.3 Å². The monoisotopic (exact) mass is 500 g/mol. The second kappa shape index (κ2) is 13.4. The molecular formula is C32H26Zr-4. The van der Waals surface area contributed by atoms with Crippen molar-refractivity contribution in [2.24, 2.45) is 0 Å². The summed E-state index contributed by atoms with van der Waals surface area (Å²) < 4.78 is 0. The van der Waals surface area contributed by atoms with Gasteiger partial charge in [0.2, 0.25) is 0 Å². The number of hydrogen-bond acceptors (Lipinski definition) is 0. The van der Waals surface area contributed by atoms with Gasteiger partial charge in [-0.2, -0.15) is 60.0 Å². The van der Waals surface area contributed by atoms with Gasteiger partial charge in [0.1, 0.15) is 0 Å². The van der Waals surface area contributed by atoms with Crippen LogP contribution in [0.25, 0.3) is 5.57 Å². The summed E-state index contributed by atoms with van der Waals surface area (Å²) in [7, 11) is 0. The Hall–Kier alpha value is -3.15. The molecule has 0 aliphatic heterocycles. The van der Waals surface area contributed by atoms with Crippen LogP contribution in [0.2, 0.25) is 0 Å². The van der Waals surface area contributed by atoms with Gasteiger partial charge in [0, 0.05) is 26.2 Å². The van der Waals surface area contributed by atoms with E-state index in [1.807, 2.05) is 66.7 Å². The van der Waals surface area contributed by atoms with Crippen LogP contribution in [0.4, 0.5) is 0 Å². The molecule has 0 radical (unpaired) electrons. The number of fused-ring (bicyclic) bond motifs is 1. The normalized spacial score (nSPS) is 13.3. The molecule has 1 aliphatic rings. The maximum Gasteiger partial charge on any atom is 0 e. The van der Waals surface area contributed by atoms with Crippen molar-refractivity contribution < 1.29 is 26.2 Å². The number of allylic oxidation sites excluding steroid dienone is 1. The maximum absolute atomic E-state index is 3.62. The SMILES string of the molecule is [C-](=C(c1ccccc1)C1[CH-]c2ccccc21)c1ccccc1.[Zr].c1cc[cH-]c1.c1cc[cH-]c1. The molecule has 0 heterocycles. The van der Waals surface area contributed by atoms with Crippen molar-refractivity contribution in [2.75, 3.05) is 0 Å². The molecule has 0 aromatic heterocycles. The van der Waals surface area contributed by atoms with Gasteiger partial charge in [-0.05, 0) is 0 Å². The van der Waals surface area contributed by atoms with Crippen LogP contribution in [-0.4, -0.2) is 0 Å². The van der Waals surface area contributed by atoms with E-state index < -0.39 is 0 Å². The van der Waals surface area contributed by atoms with E-state index in [0.717, 1.165) is 5.56 Å². The molecule has 0 saturated carbocycles. The maximum atomic E-state index is 3.62. The third-order valence-electron chi connectivity index (χ3n) is 5.24. The van der Waals surface area contributed by atoms with Crippen LogP contribution in [0.15, 0.2) is 146 Å². The van der Waals surface area contributed by atoms with E-state index in [2.05, 4.69) is 91.4 Å². The van der Waals surface area contributed by atoms with E-state index in [0.29, 0.717) is 5.92 Å². The summed E-state index contributed by atoms with van der Waals surface area (Å²) in [4.78, 5) is 0. The summed E-state index contributed by atoms with van der Waals surface area (Å²) in [6.45, 7) is 0. The van der Waals surface area contributed by atoms with Crippen LogP contribution in [0.1, 0.15) is 28.2 Å². The molecule has 33 heavy (non-hydrogen) atoms. The fourth-order valence-corrected chi connectivity index (χ4v) is 3.62. The van der Waals surface area contributed by atoms with Crippen LogP contribution < -0.4 is 0 Å². The summed E-state index contributed by atoms with van der Waals surface area (Å²) in [5.74, 6) is 0.332. The fourth-order valence-electron chi connectivity index (χ4n) is 3.62. The van der Waals surface area contributed by atoms with Crippen molar-refractivity contribution in [1.29, 1.82) is 0 Å². The van der Waals surface area contributed by atoms with E-state index >= 15 is 0 Å². The quantitative estimate of drug-likeness (QED) is 0.173. The Morgan fingerprint density at radius 2 is 1.09 bits per heavy atom. The molecule has 162 valence electrons. The Morgan fingerprint density at radius 3 is 1.61 bits per heavy atom. The summed E-state index contributed by atoms with van der Waals surface area (Å²) >= 11 is 0. The van der Waals surface area contributed by atoms with Gasteiger partial charge in [-0.1, -0.05) is 53.9 Å². The Bertz CT molecular complexity index is 1110. The second-order valence-corrected chi connectivity index (χ2v) is 7.47. The van der Waals surface area contributed by atoms with Crippen LogP contribution in [-0.2, 0) is 26.2 Å². The predicted octanol–water partition coefficient (Wildman–Crippen LogP) is 8.08. The first kappa shape index (κ1) is 24.5. The summed E-state index contributed by atoms with van der Waals surface area (Å²) in [5.41, 5.74) is 6.34. The van der Waals surface area contributed by atoms with Gasteiger partial charge >= 0.3 is 0 Å². The first-order chi connectivity index (χ1) is 15.9. The average Bonchev–Trinajstić information content (AvgIpc) is 3.60. The molecule has 5 aromatic rings. The Kier molecular flexibility index (Phi) is 9.96. The Balaban J connectivity index is 0.000000230. The minimum Gasteiger partial charge on any atom is -0.214 e. The molecular weight excluding hydrogens is 476 g/mol. The van der Waals surface area contributed by atoms with E-state index in [1.54, 1.807) is 0 Å². The molecule has 0 fully saturated rings. The first-order valence-electron chi connectivity index (χ1n) is 10.9. The molecule has 6 rings (SSSR count). The number of benzene rings is 3. The predicted molar refractivity (Wildman–Crippen MR) is 135 cm³/mol. The summed E-state index contributed by atoms with van der Waals surface area (Å²) in [5, 5.41) is 0. The zero-order valence-electron chi connectivity index (χ0n) is 18.5. The van der Waals surface area contributed by atoms with Crippen molar-refractivity contribution >= 4 is 5.57 Å². The molecule has 0 nitrogen and oxygen atoms in total. The third kappa shape index (κ3) is 7.17. The summed E-state index contributed by atoms with van der Waals surface area (Å²) in [6, 6.07) is 49.5. The molecule has 0 bridgehead atoms. The van der Waals surface area contributed by atoms with Crippen molar-refractivity contribution in [3.63, 3.8) is 0 Å². The topological polar surface area (TPSA) is 0 Å². The van der Waals surface area contributed by atoms with E-state index in [9.17, 15) is 0 Å². The minimum atomic E-state index is 0. The molecule has 1 aliphatic carbocycles. The van der Waals surface area contributed by atoms with Crippen molar-refractivity contribution in [3.8, 4) is 0 Å². The molecule has 0 spiro atoms. The van der Waals surface area contributed by atoms with E-state index in [4.69, 9.17) is 0 Å². The largest absolute Gasteiger partial charge is 0.214 e. The van der Waals surface area contributed by atoms with E-state index in [-0.39, 0.29) is 26.2 Å². The molecule has 0 N–H and O–H groups in total. The molecule has 0 amide bonds. The molecule has 1 atom stereocenters. The average molecular weight is 502 g/mol. The number of rotatable bonds is 3. The van der Waals surface area contributed by atoms with Gasteiger partial charge in [-0.3, -0.25) is 0 Å². The summed E-state index contributed by atoms with van der Waals surface area (Å²) in [6.07, 6.45) is 5.95. The van der Waals surface area contributed by atoms with Crippen molar-refractivity contribution in [3.05, 3.63) is 180 Å². The van der Waals surface area contributed by atoms with Gasteiger partial charge in [0.15, 0.2) is 0 Å². The molecule has 0 saturated heterocycles. The fraction of sp³-hybridized carbons (Fsp3) is 0.0312. The second-order valence-electron chi connectivity index (χ2n) is 7.47. The third-order valence-corrected chi connectivity index (χ3v) is 5.24. The Morgan fingerprint density at radius 1 is 0.576 bits per heavy atom. The van der Waals surface area contributed by atoms with Crippen molar-refractivity contribution in [2.45, 2.75) is 5.92 Å². The van der Waals surface area contributed by atoms with Crippen LogP contribution in [0.3, 0.4) is 0 Å². The first-order valence-corrected chi connectivity index (χ1v) is 10.9. The molecule has 5 aromatic carbocycles. The Labute approximate surface area is 217 Å². The van der Waals surface area contributed by atoms with Crippen LogP contribution in [0.5, 0.6) is 0 Å². The zero-order valence-corrected chi connectivity index (χ0v) is 21.0. The van der Waals surface area contributed by atoms with Gasteiger partial charge < -0.3 is 0 Å². The van der Waals surface area contributed by atoms with Gasteiger partial charge in [0.05, 0.1) is 0 Å². The molecule has 1 unspecified atom stereocenters. The standard InChI is InChI=1S/C22H16.2C5H5.Zr/c1-3-9-17(10-4-1)15-21(18-11-5-2-6-12-18)22-16-19-13-7-8-14-20(19)22;2*1-2-4-5-3-1;/h1-14,16,22H;2*1-5H;/q-2;2*-1;. The van der Waals surface area contributed by atoms with Gasteiger partial charge in [0.25, 0.3) is 0 Å². The zero-order chi connectivity index (χ0) is 21.8. The van der Waals surface area contributed by atoms with Crippen LogP contribution in [0, 0.1) is 12.5 Å². The number of hydrogen-bond donors (Lipinski definition) is 0. The smallest absolute Gasteiger partial charge is 0 e.